The van der Waals surface area contributed by atoms with Gasteiger partial charge in [0.15, 0.2) is 0 Å². The van der Waals surface area contributed by atoms with Gasteiger partial charge in [-0.2, -0.15) is 5.10 Å². The summed E-state index contributed by atoms with van der Waals surface area (Å²) in [5, 5.41) is 16.5. The molecule has 0 bridgehead atoms. The third-order valence-electron chi connectivity index (χ3n) is 3.81. The van der Waals surface area contributed by atoms with E-state index in [2.05, 4.69) is 27.1 Å². The number of rotatable bonds is 3. The van der Waals surface area contributed by atoms with Gasteiger partial charge in [-0.15, -0.1) is 0 Å². The fourth-order valence-corrected chi connectivity index (χ4v) is 2.92. The molecule has 3 aromatic rings. The second kappa shape index (κ2) is 5.28. The van der Waals surface area contributed by atoms with E-state index in [0.717, 1.165) is 26.6 Å². The Morgan fingerprint density at radius 3 is 2.52 bits per heavy atom. The van der Waals surface area contributed by atoms with Crippen molar-refractivity contribution in [1.29, 1.82) is 0 Å². The lowest BCUT2D eigenvalue weighted by Crippen LogP contribution is -2.24. The van der Waals surface area contributed by atoms with Crippen LogP contribution in [0.4, 0.5) is 0 Å². The number of hydrogen-bond donors (Lipinski definition) is 1. The van der Waals surface area contributed by atoms with Crippen molar-refractivity contribution in [1.82, 2.24) is 9.78 Å². The zero-order valence-corrected chi connectivity index (χ0v) is 13.6. The second-order valence-electron chi connectivity index (χ2n) is 5.54. The molecule has 0 fully saturated rings. The molecular weight excluding hydrogens is 328 g/mol. The fourth-order valence-electron chi connectivity index (χ4n) is 2.66. The normalized spacial score (nSPS) is 14.3. The molecule has 21 heavy (non-hydrogen) atoms. The standard InChI is InChI=1S/C17H17BrN2O/c1-17(21,12-7-9-13(18)10-8-12)11-15-14-5-3-4-6-16(14)20(2)19-15/h3-10,21H,11H2,1-2H3. The number of halogens is 1. The van der Waals surface area contributed by atoms with Crippen LogP contribution in [-0.4, -0.2) is 14.9 Å². The van der Waals surface area contributed by atoms with E-state index in [1.807, 2.05) is 61.1 Å². The van der Waals surface area contributed by atoms with Crippen molar-refractivity contribution in [2.24, 2.45) is 7.05 Å². The lowest BCUT2D eigenvalue weighted by molar-refractivity contribution is 0.0568. The van der Waals surface area contributed by atoms with E-state index < -0.39 is 5.60 Å². The molecule has 1 atom stereocenters. The molecule has 0 saturated carbocycles. The van der Waals surface area contributed by atoms with Gasteiger partial charge in [0.05, 0.1) is 16.8 Å². The van der Waals surface area contributed by atoms with Gasteiger partial charge in [0.25, 0.3) is 0 Å². The van der Waals surface area contributed by atoms with Gasteiger partial charge < -0.3 is 5.11 Å². The highest BCUT2D eigenvalue weighted by Crippen LogP contribution is 2.29. The first-order valence-electron chi connectivity index (χ1n) is 6.86. The van der Waals surface area contributed by atoms with Crippen molar-refractivity contribution in [3.63, 3.8) is 0 Å². The van der Waals surface area contributed by atoms with Gasteiger partial charge in [-0.25, -0.2) is 0 Å². The van der Waals surface area contributed by atoms with E-state index >= 15 is 0 Å². The molecule has 2 aromatic carbocycles. The van der Waals surface area contributed by atoms with Crippen molar-refractivity contribution in [2.45, 2.75) is 18.9 Å². The fraction of sp³-hybridized carbons (Fsp3) is 0.235. The summed E-state index contributed by atoms with van der Waals surface area (Å²) in [5.74, 6) is 0. The van der Waals surface area contributed by atoms with Crippen LogP contribution >= 0.6 is 15.9 Å². The van der Waals surface area contributed by atoms with Crippen LogP contribution < -0.4 is 0 Å². The number of aliphatic hydroxyl groups is 1. The zero-order chi connectivity index (χ0) is 15.0. The molecule has 3 nitrogen and oxygen atoms in total. The Morgan fingerprint density at radius 1 is 1.14 bits per heavy atom. The highest BCUT2D eigenvalue weighted by molar-refractivity contribution is 9.10. The van der Waals surface area contributed by atoms with Crippen LogP contribution in [0.2, 0.25) is 0 Å². The number of benzene rings is 2. The van der Waals surface area contributed by atoms with Crippen LogP contribution in [0.1, 0.15) is 18.2 Å². The minimum absolute atomic E-state index is 0.482. The van der Waals surface area contributed by atoms with E-state index in [1.54, 1.807) is 0 Å². The van der Waals surface area contributed by atoms with Crippen LogP contribution in [0, 0.1) is 0 Å². The van der Waals surface area contributed by atoms with E-state index in [9.17, 15) is 5.11 Å². The van der Waals surface area contributed by atoms with Gasteiger partial charge >= 0.3 is 0 Å². The summed E-state index contributed by atoms with van der Waals surface area (Å²) in [4.78, 5) is 0. The van der Waals surface area contributed by atoms with Crippen LogP contribution in [-0.2, 0) is 19.1 Å². The Bertz CT molecular complexity index is 775. The molecule has 0 aliphatic rings. The molecule has 0 aliphatic heterocycles. The summed E-state index contributed by atoms with van der Waals surface area (Å²) in [6.07, 6.45) is 0.482. The monoisotopic (exact) mass is 344 g/mol. The van der Waals surface area contributed by atoms with E-state index in [-0.39, 0.29) is 0 Å². The second-order valence-corrected chi connectivity index (χ2v) is 6.46. The summed E-state index contributed by atoms with van der Waals surface area (Å²) in [6.45, 7) is 1.83. The van der Waals surface area contributed by atoms with Crippen LogP contribution in [0.25, 0.3) is 10.9 Å². The summed E-state index contributed by atoms with van der Waals surface area (Å²) in [7, 11) is 1.93. The highest BCUT2D eigenvalue weighted by Gasteiger charge is 2.26. The summed E-state index contributed by atoms with van der Waals surface area (Å²) in [5.41, 5.74) is 1.94. The number of nitrogens with zero attached hydrogens (tertiary/aromatic N) is 2. The molecule has 0 aliphatic carbocycles. The van der Waals surface area contributed by atoms with E-state index in [0.29, 0.717) is 6.42 Å². The largest absolute Gasteiger partial charge is 0.385 e. The Labute approximate surface area is 132 Å². The van der Waals surface area contributed by atoms with Crippen molar-refractivity contribution < 1.29 is 5.11 Å². The quantitative estimate of drug-likeness (QED) is 0.784. The van der Waals surface area contributed by atoms with Crippen LogP contribution in [0.15, 0.2) is 53.0 Å². The van der Waals surface area contributed by atoms with Gasteiger partial charge in [-0.05, 0) is 30.7 Å². The molecular formula is C17H17BrN2O. The predicted octanol–water partition coefficient (Wildman–Crippen LogP) is 3.79. The van der Waals surface area contributed by atoms with Crippen molar-refractivity contribution >= 4 is 26.8 Å². The average molecular weight is 345 g/mol. The number of aromatic nitrogens is 2. The smallest absolute Gasteiger partial charge is 0.0924 e. The predicted molar refractivity (Wildman–Crippen MR) is 88.1 cm³/mol. The van der Waals surface area contributed by atoms with Gasteiger partial charge in [-0.3, -0.25) is 4.68 Å². The van der Waals surface area contributed by atoms with Crippen molar-refractivity contribution in [2.75, 3.05) is 0 Å². The minimum Gasteiger partial charge on any atom is -0.385 e. The van der Waals surface area contributed by atoms with Gasteiger partial charge in [0.2, 0.25) is 0 Å². The number of fused-ring (bicyclic) bond motifs is 1. The molecule has 0 saturated heterocycles. The molecule has 3 rings (SSSR count). The minimum atomic E-state index is -0.947. The van der Waals surface area contributed by atoms with E-state index in [1.165, 1.54) is 0 Å². The first-order chi connectivity index (χ1) is 9.97. The Balaban J connectivity index is 1.99. The molecule has 0 amide bonds. The molecule has 1 heterocycles. The molecule has 108 valence electrons. The van der Waals surface area contributed by atoms with Crippen LogP contribution in [0.3, 0.4) is 0 Å². The van der Waals surface area contributed by atoms with Gasteiger partial charge in [-0.1, -0.05) is 46.3 Å². The summed E-state index contributed by atoms with van der Waals surface area (Å²) < 4.78 is 2.87. The Hall–Kier alpha value is -1.65. The lowest BCUT2D eigenvalue weighted by Gasteiger charge is -2.23. The highest BCUT2D eigenvalue weighted by atomic mass is 79.9. The van der Waals surface area contributed by atoms with Crippen LogP contribution in [0.5, 0.6) is 0 Å². The van der Waals surface area contributed by atoms with Gasteiger partial charge in [0, 0.05) is 23.3 Å². The lowest BCUT2D eigenvalue weighted by atomic mass is 9.90. The summed E-state index contributed by atoms with van der Waals surface area (Å²) >= 11 is 3.42. The Morgan fingerprint density at radius 2 is 1.81 bits per heavy atom. The maximum atomic E-state index is 10.8. The maximum Gasteiger partial charge on any atom is 0.0924 e. The zero-order valence-electron chi connectivity index (χ0n) is 12.0. The first-order valence-corrected chi connectivity index (χ1v) is 7.66. The third kappa shape index (κ3) is 2.74. The third-order valence-corrected chi connectivity index (χ3v) is 4.34. The van der Waals surface area contributed by atoms with Gasteiger partial charge in [0.1, 0.15) is 0 Å². The van der Waals surface area contributed by atoms with E-state index in [4.69, 9.17) is 0 Å². The molecule has 1 unspecified atom stereocenters. The van der Waals surface area contributed by atoms with Crippen molar-refractivity contribution in [3.8, 4) is 0 Å². The molecule has 4 heteroatoms. The number of aryl methyl sites for hydroxylation is 1. The number of hydrogen-bond acceptors (Lipinski definition) is 2. The topological polar surface area (TPSA) is 38.0 Å². The SMILES string of the molecule is Cn1nc(CC(C)(O)c2ccc(Br)cc2)c2ccccc21. The summed E-state index contributed by atoms with van der Waals surface area (Å²) in [6, 6.07) is 15.9. The molecule has 0 spiro atoms. The van der Waals surface area contributed by atoms with Crippen molar-refractivity contribution in [3.05, 3.63) is 64.3 Å². The number of para-hydroxylation sites is 1. The maximum absolute atomic E-state index is 10.8. The Kier molecular flexibility index (Phi) is 3.59. The first kappa shape index (κ1) is 14.3. The molecule has 0 radical (unpaired) electrons. The molecule has 1 N–H and O–H groups in total. The molecule has 1 aromatic heterocycles. The average Bonchev–Trinajstić information content (AvgIpc) is 2.76.